The third-order valence-electron chi connectivity index (χ3n) is 4.12. The molecule has 0 radical (unpaired) electrons. The Morgan fingerprint density at radius 3 is 2.73 bits per heavy atom. The van der Waals surface area contributed by atoms with Crippen molar-refractivity contribution in [2.75, 3.05) is 11.9 Å². The molecule has 1 amide bonds. The summed E-state index contributed by atoms with van der Waals surface area (Å²) < 4.78 is 12.4. The minimum atomic E-state index is -0.478. The van der Waals surface area contributed by atoms with E-state index in [0.29, 0.717) is 22.9 Å². The highest BCUT2D eigenvalue weighted by atomic mass is 32.1. The number of aromatic nitrogens is 3. The van der Waals surface area contributed by atoms with Crippen LogP contribution in [-0.4, -0.2) is 33.2 Å². The van der Waals surface area contributed by atoms with E-state index in [4.69, 9.17) is 9.15 Å². The molecular weight excluding hydrogens is 404 g/mol. The normalized spacial score (nSPS) is 10.7. The Kier molecular flexibility index (Phi) is 5.71. The molecule has 0 unspecified atom stereocenters. The van der Waals surface area contributed by atoms with E-state index in [1.54, 1.807) is 36.1 Å². The van der Waals surface area contributed by atoms with Gasteiger partial charge in [0.05, 0.1) is 18.8 Å². The molecule has 152 valence electrons. The van der Waals surface area contributed by atoms with Crippen molar-refractivity contribution in [2.45, 2.75) is 13.5 Å². The lowest BCUT2D eigenvalue weighted by Crippen LogP contribution is -2.10. The van der Waals surface area contributed by atoms with Crippen molar-refractivity contribution in [1.29, 1.82) is 0 Å². The van der Waals surface area contributed by atoms with Crippen molar-refractivity contribution >= 4 is 28.3 Å². The Labute approximate surface area is 176 Å². The molecule has 0 spiro atoms. The number of nitrogens with zero attached hydrogens (tertiary/aromatic N) is 3. The van der Waals surface area contributed by atoms with Crippen LogP contribution in [0.1, 0.15) is 32.9 Å². The van der Waals surface area contributed by atoms with Crippen LogP contribution in [0.5, 0.6) is 0 Å². The number of nitrogens with one attached hydrogen (secondary N) is 1. The summed E-state index contributed by atoms with van der Waals surface area (Å²) in [5.41, 5.74) is 1.23. The third-order valence-corrected chi connectivity index (χ3v) is 5.07. The third kappa shape index (κ3) is 4.31. The van der Waals surface area contributed by atoms with Crippen LogP contribution in [0.15, 0.2) is 65.3 Å². The van der Waals surface area contributed by atoms with Crippen LogP contribution in [-0.2, 0) is 11.3 Å². The molecule has 0 aliphatic carbocycles. The number of thiazole rings is 1. The number of anilines is 1. The minimum absolute atomic E-state index is 0.145. The monoisotopic (exact) mass is 422 g/mol. The second-order valence-corrected chi connectivity index (χ2v) is 7.21. The van der Waals surface area contributed by atoms with E-state index in [1.165, 1.54) is 0 Å². The highest BCUT2D eigenvalue weighted by Crippen LogP contribution is 2.32. The van der Waals surface area contributed by atoms with E-state index in [0.717, 1.165) is 16.9 Å². The zero-order valence-corrected chi connectivity index (χ0v) is 16.9. The van der Waals surface area contributed by atoms with E-state index in [-0.39, 0.29) is 17.5 Å². The summed E-state index contributed by atoms with van der Waals surface area (Å²) in [6.45, 7) is 2.41. The van der Waals surface area contributed by atoms with Gasteiger partial charge in [-0.2, -0.15) is 5.10 Å². The molecule has 1 N–H and O–H groups in total. The molecule has 9 heteroatoms. The predicted octanol–water partition coefficient (Wildman–Crippen LogP) is 4.08. The average molecular weight is 422 g/mol. The number of carbonyl (C=O) groups is 2. The standard InChI is InChI=1S/C21H18N4O4S/c1-2-28-20(27)18-17(14-7-4-3-5-8-14)23-21(30-18)24-19(26)16-10-9-15(29-16)13-25-12-6-11-22-25/h3-12H,2,13H2,1H3,(H,23,24,26). The van der Waals surface area contributed by atoms with Crippen molar-refractivity contribution < 1.29 is 18.7 Å². The van der Waals surface area contributed by atoms with Crippen LogP contribution in [0.25, 0.3) is 11.3 Å². The van der Waals surface area contributed by atoms with E-state index < -0.39 is 11.9 Å². The molecule has 30 heavy (non-hydrogen) atoms. The summed E-state index contributed by atoms with van der Waals surface area (Å²) in [6.07, 6.45) is 3.48. The highest BCUT2D eigenvalue weighted by Gasteiger charge is 2.22. The smallest absolute Gasteiger partial charge is 0.350 e. The van der Waals surface area contributed by atoms with Crippen LogP contribution in [0.3, 0.4) is 0 Å². The molecule has 0 saturated carbocycles. The number of amides is 1. The summed E-state index contributed by atoms with van der Waals surface area (Å²) in [4.78, 5) is 29.8. The molecule has 0 aliphatic rings. The number of furan rings is 1. The number of hydrogen-bond donors (Lipinski definition) is 1. The fourth-order valence-corrected chi connectivity index (χ4v) is 3.67. The molecule has 4 aromatic rings. The first-order valence-electron chi connectivity index (χ1n) is 9.25. The van der Waals surface area contributed by atoms with Crippen molar-refractivity contribution in [1.82, 2.24) is 14.8 Å². The molecule has 0 bridgehead atoms. The summed E-state index contributed by atoms with van der Waals surface area (Å²) in [7, 11) is 0. The first-order valence-corrected chi connectivity index (χ1v) is 10.1. The number of rotatable bonds is 7. The zero-order valence-electron chi connectivity index (χ0n) is 16.1. The number of hydrogen-bond acceptors (Lipinski definition) is 7. The van der Waals surface area contributed by atoms with Gasteiger partial charge in [-0.1, -0.05) is 41.7 Å². The Bertz CT molecular complexity index is 1150. The van der Waals surface area contributed by atoms with E-state index in [9.17, 15) is 9.59 Å². The first-order chi connectivity index (χ1) is 14.6. The Hall–Kier alpha value is -3.72. The maximum atomic E-state index is 12.6. The van der Waals surface area contributed by atoms with Crippen LogP contribution in [0.4, 0.5) is 5.13 Å². The summed E-state index contributed by atoms with van der Waals surface area (Å²) in [5.74, 6) is -0.189. The minimum Gasteiger partial charge on any atom is -0.462 e. The molecule has 1 aromatic carbocycles. The lowest BCUT2D eigenvalue weighted by molar-refractivity contribution is 0.0532. The Morgan fingerprint density at radius 2 is 2.00 bits per heavy atom. The highest BCUT2D eigenvalue weighted by molar-refractivity contribution is 7.18. The molecule has 0 saturated heterocycles. The largest absolute Gasteiger partial charge is 0.462 e. The molecule has 3 heterocycles. The summed E-state index contributed by atoms with van der Waals surface area (Å²) in [5, 5.41) is 7.10. The number of esters is 1. The topological polar surface area (TPSA) is 99.2 Å². The van der Waals surface area contributed by atoms with E-state index in [1.807, 2.05) is 36.4 Å². The maximum Gasteiger partial charge on any atom is 0.350 e. The molecular formula is C21H18N4O4S. The van der Waals surface area contributed by atoms with Crippen LogP contribution in [0, 0.1) is 0 Å². The van der Waals surface area contributed by atoms with Crippen LogP contribution < -0.4 is 5.32 Å². The summed E-state index contributed by atoms with van der Waals surface area (Å²) in [6, 6.07) is 14.4. The van der Waals surface area contributed by atoms with Crippen molar-refractivity contribution in [3.8, 4) is 11.3 Å². The molecule has 0 fully saturated rings. The van der Waals surface area contributed by atoms with Crippen molar-refractivity contribution in [2.24, 2.45) is 0 Å². The van der Waals surface area contributed by atoms with Crippen molar-refractivity contribution in [3.63, 3.8) is 0 Å². The van der Waals surface area contributed by atoms with Crippen LogP contribution in [0.2, 0.25) is 0 Å². The molecule has 4 rings (SSSR count). The Morgan fingerprint density at radius 1 is 1.17 bits per heavy atom. The van der Waals surface area contributed by atoms with Gasteiger partial charge in [0.15, 0.2) is 10.9 Å². The van der Waals surface area contributed by atoms with E-state index >= 15 is 0 Å². The average Bonchev–Trinajstić information content (AvgIpc) is 3.50. The maximum absolute atomic E-state index is 12.6. The van der Waals surface area contributed by atoms with Gasteiger partial charge in [0.2, 0.25) is 0 Å². The van der Waals surface area contributed by atoms with Crippen LogP contribution >= 0.6 is 11.3 Å². The van der Waals surface area contributed by atoms with Gasteiger partial charge in [0.25, 0.3) is 5.91 Å². The summed E-state index contributed by atoms with van der Waals surface area (Å²) >= 11 is 1.06. The van der Waals surface area contributed by atoms with Gasteiger partial charge in [-0.3, -0.25) is 14.8 Å². The molecule has 0 atom stereocenters. The fraction of sp³-hybridized carbons (Fsp3) is 0.143. The van der Waals surface area contributed by atoms with Gasteiger partial charge in [0, 0.05) is 18.0 Å². The predicted molar refractivity (Wildman–Crippen MR) is 111 cm³/mol. The van der Waals surface area contributed by atoms with E-state index in [2.05, 4.69) is 15.4 Å². The Balaban J connectivity index is 1.55. The second-order valence-electron chi connectivity index (χ2n) is 6.21. The number of carbonyl (C=O) groups excluding carboxylic acids is 2. The van der Waals surface area contributed by atoms with Gasteiger partial charge in [-0.25, -0.2) is 9.78 Å². The quantitative estimate of drug-likeness (QED) is 0.451. The van der Waals surface area contributed by atoms with Gasteiger partial charge >= 0.3 is 5.97 Å². The lowest BCUT2D eigenvalue weighted by Gasteiger charge is -2.01. The fourth-order valence-electron chi connectivity index (χ4n) is 2.80. The van der Waals surface area contributed by atoms with Gasteiger partial charge in [-0.05, 0) is 25.1 Å². The number of ether oxygens (including phenoxy) is 1. The molecule has 0 aliphatic heterocycles. The molecule has 8 nitrogen and oxygen atoms in total. The molecule has 3 aromatic heterocycles. The SMILES string of the molecule is CCOC(=O)c1sc(NC(=O)c2ccc(Cn3cccn3)o2)nc1-c1ccccc1. The van der Waals surface area contributed by atoms with Gasteiger partial charge in [-0.15, -0.1) is 0 Å². The zero-order chi connectivity index (χ0) is 20.9. The number of benzene rings is 1. The first kappa shape index (κ1) is 19.6. The van der Waals surface area contributed by atoms with Crippen molar-refractivity contribution in [3.05, 3.63) is 77.3 Å². The second kappa shape index (κ2) is 8.75. The van der Waals surface area contributed by atoms with Gasteiger partial charge in [0.1, 0.15) is 10.6 Å². The van der Waals surface area contributed by atoms with Gasteiger partial charge < -0.3 is 9.15 Å². The lowest BCUT2D eigenvalue weighted by atomic mass is 10.1.